The van der Waals surface area contributed by atoms with Gasteiger partial charge in [-0.25, -0.2) is 4.79 Å². The number of benzene rings is 1. The normalized spacial score (nSPS) is 29.0. The molecule has 0 radical (unpaired) electrons. The third kappa shape index (κ3) is 4.19. The maximum atomic E-state index is 12.4. The Hall–Kier alpha value is -2.01. The van der Waals surface area contributed by atoms with Gasteiger partial charge in [0.2, 0.25) is 0 Å². The van der Waals surface area contributed by atoms with Crippen LogP contribution in [0.15, 0.2) is 30.5 Å². The van der Waals surface area contributed by atoms with Gasteiger partial charge in [-0.05, 0) is 18.6 Å². The Kier molecular flexibility index (Phi) is 6.65. The summed E-state index contributed by atoms with van der Waals surface area (Å²) in [4.78, 5) is 15.5. The van der Waals surface area contributed by atoms with Crippen molar-refractivity contribution in [2.45, 2.75) is 50.2 Å². The van der Waals surface area contributed by atoms with Crippen LogP contribution in [0.4, 0.5) is 0 Å². The smallest absolute Gasteiger partial charge is 0.335 e. The Balaban J connectivity index is 1.81. The molecule has 9 nitrogen and oxygen atoms in total. The number of hydrogen-bond acceptors (Lipinski definition) is 8. The van der Waals surface area contributed by atoms with Gasteiger partial charge in [0.25, 0.3) is 0 Å². The molecule has 2 heterocycles. The number of aliphatic hydroxyl groups is 4. The van der Waals surface area contributed by atoms with E-state index in [4.69, 9.17) is 14.2 Å². The maximum absolute atomic E-state index is 12.4. The molecular weight excluding hydrogens is 370 g/mol. The monoisotopic (exact) mass is 395 g/mol. The van der Waals surface area contributed by atoms with Crippen molar-refractivity contribution in [2.24, 2.45) is 0 Å². The Morgan fingerprint density at radius 3 is 2.68 bits per heavy atom. The quantitative estimate of drug-likeness (QED) is 0.394. The number of esters is 1. The van der Waals surface area contributed by atoms with E-state index in [0.29, 0.717) is 0 Å². The average Bonchev–Trinajstić information content (AvgIpc) is 3.10. The van der Waals surface area contributed by atoms with Crippen LogP contribution in [0.2, 0.25) is 0 Å². The zero-order valence-electron chi connectivity index (χ0n) is 15.4. The van der Waals surface area contributed by atoms with Gasteiger partial charge < -0.3 is 39.6 Å². The second kappa shape index (κ2) is 8.99. The average molecular weight is 395 g/mol. The summed E-state index contributed by atoms with van der Waals surface area (Å²) >= 11 is 0. The Morgan fingerprint density at radius 2 is 1.96 bits per heavy atom. The van der Waals surface area contributed by atoms with Gasteiger partial charge in [-0.1, -0.05) is 18.2 Å². The summed E-state index contributed by atoms with van der Waals surface area (Å²) < 4.78 is 16.1. The molecule has 1 saturated heterocycles. The van der Waals surface area contributed by atoms with Gasteiger partial charge in [-0.3, -0.25) is 0 Å². The molecule has 9 heteroatoms. The topological polar surface area (TPSA) is 141 Å². The summed E-state index contributed by atoms with van der Waals surface area (Å²) in [5.41, 5.74) is 1.70. The van der Waals surface area contributed by atoms with Crippen LogP contribution in [-0.4, -0.2) is 81.4 Å². The number of carbonyl (C=O) groups excluding carboxylic acids is 1. The van der Waals surface area contributed by atoms with E-state index in [1.165, 1.54) is 0 Å². The van der Waals surface area contributed by atoms with Gasteiger partial charge in [0.05, 0.1) is 13.2 Å². The van der Waals surface area contributed by atoms with Crippen molar-refractivity contribution in [1.82, 2.24) is 4.98 Å². The van der Waals surface area contributed by atoms with Crippen molar-refractivity contribution in [3.63, 3.8) is 0 Å². The number of rotatable bonds is 7. The second-order valence-corrected chi connectivity index (χ2v) is 6.64. The molecule has 6 unspecified atom stereocenters. The molecular formula is C19H25NO8. The number of para-hydroxylation sites is 1. The number of hydrogen-bond donors (Lipinski definition) is 5. The zero-order chi connectivity index (χ0) is 20.3. The predicted octanol–water partition coefficient (Wildman–Crippen LogP) is -0.541. The van der Waals surface area contributed by atoms with Crippen molar-refractivity contribution >= 4 is 16.9 Å². The first-order valence-corrected chi connectivity index (χ1v) is 9.13. The molecule has 0 spiro atoms. The first-order chi connectivity index (χ1) is 13.5. The van der Waals surface area contributed by atoms with Gasteiger partial charge in [-0.15, -0.1) is 0 Å². The molecule has 0 bridgehead atoms. The highest BCUT2D eigenvalue weighted by atomic mass is 16.7. The van der Waals surface area contributed by atoms with Crippen molar-refractivity contribution in [2.75, 3.05) is 13.2 Å². The lowest BCUT2D eigenvalue weighted by Crippen LogP contribution is -2.60. The van der Waals surface area contributed by atoms with E-state index in [-0.39, 0.29) is 13.0 Å². The van der Waals surface area contributed by atoms with E-state index in [0.717, 1.165) is 16.5 Å². The number of H-pyrrole nitrogens is 1. The van der Waals surface area contributed by atoms with Crippen molar-refractivity contribution < 1.29 is 39.4 Å². The first kappa shape index (κ1) is 20.7. The molecule has 1 aliphatic heterocycles. The van der Waals surface area contributed by atoms with Crippen molar-refractivity contribution in [3.05, 3.63) is 36.0 Å². The SMILES string of the molecule is CCOC(=O)C(Cc1c[nH]c2ccccc12)OC1OC(CO)C(O)C(O)C1O. The number of nitrogens with one attached hydrogen (secondary N) is 1. The number of aromatic amines is 1. The number of fused-ring (bicyclic) bond motifs is 1. The molecule has 3 rings (SSSR count). The van der Waals surface area contributed by atoms with E-state index in [9.17, 15) is 25.2 Å². The minimum Gasteiger partial charge on any atom is -0.464 e. The van der Waals surface area contributed by atoms with E-state index >= 15 is 0 Å². The van der Waals surface area contributed by atoms with Gasteiger partial charge in [0.15, 0.2) is 12.4 Å². The lowest BCUT2D eigenvalue weighted by molar-refractivity contribution is -0.310. The highest BCUT2D eigenvalue weighted by molar-refractivity contribution is 5.84. The Bertz CT molecular complexity index is 791. The van der Waals surface area contributed by atoms with Gasteiger partial charge in [-0.2, -0.15) is 0 Å². The lowest BCUT2D eigenvalue weighted by Gasteiger charge is -2.40. The van der Waals surface area contributed by atoms with Crippen LogP contribution in [0.1, 0.15) is 12.5 Å². The first-order valence-electron chi connectivity index (χ1n) is 9.13. The second-order valence-electron chi connectivity index (χ2n) is 6.64. The molecule has 1 aromatic heterocycles. The fourth-order valence-corrected chi connectivity index (χ4v) is 3.26. The fraction of sp³-hybridized carbons (Fsp3) is 0.526. The van der Waals surface area contributed by atoms with Gasteiger partial charge in [0, 0.05) is 23.5 Å². The summed E-state index contributed by atoms with van der Waals surface area (Å²) in [6, 6.07) is 7.56. The summed E-state index contributed by atoms with van der Waals surface area (Å²) in [5.74, 6) is -0.648. The summed E-state index contributed by atoms with van der Waals surface area (Å²) in [5, 5.41) is 40.2. The van der Waals surface area contributed by atoms with Crippen LogP contribution in [0, 0.1) is 0 Å². The third-order valence-electron chi connectivity index (χ3n) is 4.78. The number of aromatic nitrogens is 1. The molecule has 6 atom stereocenters. The van der Waals surface area contributed by atoms with Crippen molar-refractivity contribution in [1.29, 1.82) is 0 Å². The highest BCUT2D eigenvalue weighted by Crippen LogP contribution is 2.25. The lowest BCUT2D eigenvalue weighted by atomic mass is 9.99. The van der Waals surface area contributed by atoms with E-state index in [2.05, 4.69) is 4.98 Å². The van der Waals surface area contributed by atoms with Crippen LogP contribution in [-0.2, 0) is 25.4 Å². The molecule has 154 valence electrons. The van der Waals surface area contributed by atoms with Gasteiger partial charge in [0.1, 0.15) is 24.4 Å². The number of ether oxygens (including phenoxy) is 3. The molecule has 0 aliphatic carbocycles. The number of carbonyl (C=O) groups is 1. The predicted molar refractivity (Wildman–Crippen MR) is 97.3 cm³/mol. The highest BCUT2D eigenvalue weighted by Gasteiger charge is 2.45. The van der Waals surface area contributed by atoms with Gasteiger partial charge >= 0.3 is 5.97 Å². The molecule has 5 N–H and O–H groups in total. The number of aliphatic hydroxyl groups excluding tert-OH is 4. The maximum Gasteiger partial charge on any atom is 0.335 e. The molecule has 2 aromatic rings. The molecule has 0 amide bonds. The van der Waals surface area contributed by atoms with E-state index in [1.54, 1.807) is 13.1 Å². The zero-order valence-corrected chi connectivity index (χ0v) is 15.4. The standard InChI is InChI=1S/C19H25NO8/c1-2-26-18(25)13(7-10-8-20-12-6-4-3-5-11(10)12)27-19-17(24)16(23)15(22)14(9-21)28-19/h3-6,8,13-17,19-24H,2,7,9H2,1H3. The minimum absolute atomic E-state index is 0.137. The molecule has 1 aliphatic rings. The van der Waals surface area contributed by atoms with E-state index in [1.807, 2.05) is 24.3 Å². The summed E-state index contributed by atoms with van der Waals surface area (Å²) in [6.45, 7) is 1.22. The molecule has 0 saturated carbocycles. The van der Waals surface area contributed by atoms with Crippen LogP contribution in [0.3, 0.4) is 0 Å². The minimum atomic E-state index is -1.60. The summed E-state index contributed by atoms with van der Waals surface area (Å²) in [7, 11) is 0. The molecule has 28 heavy (non-hydrogen) atoms. The molecule has 1 fully saturated rings. The largest absolute Gasteiger partial charge is 0.464 e. The van der Waals surface area contributed by atoms with Crippen LogP contribution in [0.5, 0.6) is 0 Å². The van der Waals surface area contributed by atoms with E-state index < -0.39 is 49.4 Å². The van der Waals surface area contributed by atoms with Crippen LogP contribution < -0.4 is 0 Å². The Morgan fingerprint density at radius 1 is 1.21 bits per heavy atom. The third-order valence-corrected chi connectivity index (χ3v) is 4.78. The summed E-state index contributed by atoms with van der Waals surface area (Å²) in [6.07, 6.45) is -6.47. The van der Waals surface area contributed by atoms with Crippen molar-refractivity contribution in [3.8, 4) is 0 Å². The fourth-order valence-electron chi connectivity index (χ4n) is 3.26. The van der Waals surface area contributed by atoms with Crippen LogP contribution in [0.25, 0.3) is 10.9 Å². The Labute approximate surface area is 161 Å². The molecule has 1 aromatic carbocycles. The van der Waals surface area contributed by atoms with Crippen LogP contribution >= 0.6 is 0 Å².